The molecule has 0 atom stereocenters. The summed E-state index contributed by atoms with van der Waals surface area (Å²) < 4.78 is 6.24. The second kappa shape index (κ2) is 7.41. The van der Waals surface area contributed by atoms with Crippen LogP contribution in [0.25, 0.3) is 0 Å². The van der Waals surface area contributed by atoms with Gasteiger partial charge in [-0.25, -0.2) is 4.79 Å². The fraction of sp³-hybridized carbons (Fsp3) is 0.500. The number of piperidine rings is 1. The number of aliphatic carboxylic acids is 1. The number of rotatable bonds is 5. The van der Waals surface area contributed by atoms with E-state index in [1.807, 2.05) is 18.2 Å². The first-order chi connectivity index (χ1) is 9.54. The van der Waals surface area contributed by atoms with Crippen molar-refractivity contribution in [2.45, 2.75) is 25.5 Å². The van der Waals surface area contributed by atoms with E-state index in [-0.39, 0.29) is 12.7 Å². The van der Waals surface area contributed by atoms with Gasteiger partial charge in [0.25, 0.3) is 0 Å². The fourth-order valence-corrected chi connectivity index (χ4v) is 2.86. The molecule has 0 aromatic heterocycles. The van der Waals surface area contributed by atoms with Crippen LogP contribution in [0.15, 0.2) is 22.7 Å². The van der Waals surface area contributed by atoms with Crippen molar-refractivity contribution in [1.29, 1.82) is 0 Å². The van der Waals surface area contributed by atoms with Gasteiger partial charge in [0.15, 0.2) is 0 Å². The third kappa shape index (κ3) is 4.74. The summed E-state index contributed by atoms with van der Waals surface area (Å²) in [5, 5.41) is 9.31. The summed E-state index contributed by atoms with van der Waals surface area (Å²) in [4.78, 5) is 12.8. The molecule has 1 heterocycles. The van der Waals surface area contributed by atoms with Gasteiger partial charge >= 0.3 is 5.97 Å². The van der Waals surface area contributed by atoms with E-state index in [0.29, 0.717) is 0 Å². The van der Waals surface area contributed by atoms with Gasteiger partial charge in [0.2, 0.25) is 0 Å². The fourth-order valence-electron chi connectivity index (χ4n) is 2.32. The van der Waals surface area contributed by atoms with Gasteiger partial charge in [0, 0.05) is 24.1 Å². The molecule has 0 bridgehead atoms. The molecule has 2 rings (SSSR count). The Hall–Kier alpha value is -0.620. The van der Waals surface area contributed by atoms with E-state index in [1.54, 1.807) is 0 Å². The first-order valence-corrected chi connectivity index (χ1v) is 7.71. The van der Waals surface area contributed by atoms with Crippen molar-refractivity contribution in [3.63, 3.8) is 0 Å². The van der Waals surface area contributed by atoms with E-state index in [2.05, 4.69) is 20.8 Å². The SMILES string of the molecule is O=C(O)COC1CCN(Cc2ccc(Cl)c(Br)c2)CC1. The number of carboxylic acid groups (broad SMARTS) is 1. The summed E-state index contributed by atoms with van der Waals surface area (Å²) in [6, 6.07) is 5.96. The van der Waals surface area contributed by atoms with Crippen molar-refractivity contribution < 1.29 is 14.6 Å². The van der Waals surface area contributed by atoms with Crippen LogP contribution in [-0.4, -0.2) is 41.8 Å². The van der Waals surface area contributed by atoms with E-state index in [1.165, 1.54) is 5.56 Å². The molecular weight excluding hydrogens is 346 g/mol. The Morgan fingerprint density at radius 1 is 1.45 bits per heavy atom. The molecule has 0 saturated carbocycles. The van der Waals surface area contributed by atoms with E-state index in [9.17, 15) is 4.79 Å². The number of carboxylic acids is 1. The van der Waals surface area contributed by atoms with Crippen LogP contribution in [-0.2, 0) is 16.1 Å². The average Bonchev–Trinajstić information content (AvgIpc) is 2.42. The third-order valence-corrected chi connectivity index (χ3v) is 4.58. The van der Waals surface area contributed by atoms with Gasteiger partial charge in [0.05, 0.1) is 11.1 Å². The highest BCUT2D eigenvalue weighted by molar-refractivity contribution is 9.10. The van der Waals surface area contributed by atoms with Crippen LogP contribution in [0, 0.1) is 0 Å². The Labute approximate surface area is 131 Å². The maximum Gasteiger partial charge on any atom is 0.329 e. The van der Waals surface area contributed by atoms with Crippen LogP contribution >= 0.6 is 27.5 Å². The lowest BCUT2D eigenvalue weighted by atomic mass is 10.1. The predicted molar refractivity (Wildman–Crippen MR) is 81.0 cm³/mol. The smallest absolute Gasteiger partial charge is 0.329 e. The highest BCUT2D eigenvalue weighted by Crippen LogP contribution is 2.24. The number of halogens is 2. The molecule has 1 saturated heterocycles. The lowest BCUT2D eigenvalue weighted by Gasteiger charge is -2.31. The number of nitrogens with zero attached hydrogens (tertiary/aromatic N) is 1. The zero-order chi connectivity index (χ0) is 14.5. The van der Waals surface area contributed by atoms with Crippen molar-refractivity contribution >= 4 is 33.5 Å². The summed E-state index contributed by atoms with van der Waals surface area (Å²) in [6.45, 7) is 2.52. The minimum absolute atomic E-state index is 0.0688. The van der Waals surface area contributed by atoms with Gasteiger partial charge in [-0.2, -0.15) is 0 Å². The molecular formula is C14H17BrClNO3. The van der Waals surface area contributed by atoms with Crippen molar-refractivity contribution in [3.05, 3.63) is 33.3 Å². The quantitative estimate of drug-likeness (QED) is 0.874. The second-order valence-corrected chi connectivity index (χ2v) is 6.19. The Balaban J connectivity index is 1.79. The molecule has 4 nitrogen and oxygen atoms in total. The average molecular weight is 363 g/mol. The van der Waals surface area contributed by atoms with Crippen molar-refractivity contribution in [2.75, 3.05) is 19.7 Å². The molecule has 110 valence electrons. The van der Waals surface area contributed by atoms with Crippen LogP contribution in [0.4, 0.5) is 0 Å². The molecule has 1 aromatic carbocycles. The van der Waals surface area contributed by atoms with E-state index in [0.717, 1.165) is 42.0 Å². The number of carbonyl (C=O) groups is 1. The molecule has 1 aliphatic rings. The number of benzene rings is 1. The highest BCUT2D eigenvalue weighted by Gasteiger charge is 2.20. The van der Waals surface area contributed by atoms with Crippen molar-refractivity contribution in [1.82, 2.24) is 4.90 Å². The number of hydrogen-bond donors (Lipinski definition) is 1. The summed E-state index contributed by atoms with van der Waals surface area (Å²) in [7, 11) is 0. The van der Waals surface area contributed by atoms with E-state index >= 15 is 0 Å². The summed E-state index contributed by atoms with van der Waals surface area (Å²) in [6.07, 6.45) is 1.82. The summed E-state index contributed by atoms with van der Waals surface area (Å²) in [5.74, 6) is -0.904. The standard InChI is InChI=1S/C14H17BrClNO3/c15-12-7-10(1-2-13(12)16)8-17-5-3-11(4-6-17)20-9-14(18)19/h1-2,7,11H,3-6,8-9H2,(H,18,19). The Morgan fingerprint density at radius 2 is 2.15 bits per heavy atom. The first kappa shape index (κ1) is 15.8. The number of likely N-dealkylation sites (tertiary alicyclic amines) is 1. The summed E-state index contributed by atoms with van der Waals surface area (Å²) >= 11 is 9.41. The maximum atomic E-state index is 10.5. The largest absolute Gasteiger partial charge is 0.480 e. The molecule has 1 fully saturated rings. The number of ether oxygens (including phenoxy) is 1. The molecule has 0 amide bonds. The Kier molecular flexibility index (Phi) is 5.84. The van der Waals surface area contributed by atoms with E-state index in [4.69, 9.17) is 21.4 Å². The van der Waals surface area contributed by atoms with Crippen LogP contribution < -0.4 is 0 Å². The molecule has 1 N–H and O–H groups in total. The topological polar surface area (TPSA) is 49.8 Å². The van der Waals surface area contributed by atoms with Crippen LogP contribution in [0.5, 0.6) is 0 Å². The molecule has 0 spiro atoms. The van der Waals surface area contributed by atoms with Gasteiger partial charge in [-0.15, -0.1) is 0 Å². The van der Waals surface area contributed by atoms with Gasteiger partial charge in [0.1, 0.15) is 6.61 Å². The summed E-state index contributed by atoms with van der Waals surface area (Å²) in [5.41, 5.74) is 1.21. The molecule has 20 heavy (non-hydrogen) atoms. The minimum atomic E-state index is -0.904. The van der Waals surface area contributed by atoms with Crippen molar-refractivity contribution in [2.24, 2.45) is 0 Å². The first-order valence-electron chi connectivity index (χ1n) is 6.54. The van der Waals surface area contributed by atoms with Gasteiger partial charge < -0.3 is 9.84 Å². The van der Waals surface area contributed by atoms with Gasteiger partial charge in [-0.1, -0.05) is 17.7 Å². The molecule has 1 aromatic rings. The van der Waals surface area contributed by atoms with Crippen LogP contribution in [0.2, 0.25) is 5.02 Å². The van der Waals surface area contributed by atoms with Gasteiger partial charge in [-0.3, -0.25) is 4.90 Å². The molecule has 1 aliphatic heterocycles. The van der Waals surface area contributed by atoms with Crippen LogP contribution in [0.1, 0.15) is 18.4 Å². The number of hydrogen-bond acceptors (Lipinski definition) is 3. The normalized spacial score (nSPS) is 17.3. The zero-order valence-electron chi connectivity index (χ0n) is 11.0. The minimum Gasteiger partial charge on any atom is -0.480 e. The zero-order valence-corrected chi connectivity index (χ0v) is 13.4. The molecule has 6 heteroatoms. The molecule has 0 aliphatic carbocycles. The van der Waals surface area contributed by atoms with Crippen LogP contribution in [0.3, 0.4) is 0 Å². The maximum absolute atomic E-state index is 10.5. The van der Waals surface area contributed by atoms with Gasteiger partial charge in [-0.05, 0) is 46.5 Å². The third-order valence-electron chi connectivity index (χ3n) is 3.37. The molecule has 0 unspecified atom stereocenters. The lowest BCUT2D eigenvalue weighted by molar-refractivity contribution is -0.145. The molecule has 0 radical (unpaired) electrons. The van der Waals surface area contributed by atoms with Crippen molar-refractivity contribution in [3.8, 4) is 0 Å². The second-order valence-electron chi connectivity index (χ2n) is 4.93. The monoisotopic (exact) mass is 361 g/mol. The Morgan fingerprint density at radius 3 is 2.75 bits per heavy atom. The Bertz CT molecular complexity index is 475. The van der Waals surface area contributed by atoms with E-state index < -0.39 is 5.97 Å². The lowest BCUT2D eigenvalue weighted by Crippen LogP contribution is -2.37. The highest BCUT2D eigenvalue weighted by atomic mass is 79.9. The predicted octanol–water partition coefficient (Wildman–Crippen LogP) is 3.17.